The average molecular weight is 1200 g/mol. The van der Waals surface area contributed by atoms with E-state index in [2.05, 4.69) is 20.2 Å². The molecule has 1 fully saturated rings. The van der Waals surface area contributed by atoms with Gasteiger partial charge in [-0.1, -0.05) is 118 Å². The van der Waals surface area contributed by atoms with E-state index in [1.807, 2.05) is 141 Å². The Morgan fingerprint density at radius 2 is 0.663 bits per heavy atom. The van der Waals surface area contributed by atoms with Crippen molar-refractivity contribution in [3.8, 4) is 0 Å². The van der Waals surface area contributed by atoms with Gasteiger partial charge in [-0.15, -0.1) is 0 Å². The molecule has 0 unspecified atom stereocenters. The summed E-state index contributed by atoms with van der Waals surface area (Å²) >= 11 is 0. The number of aromatic nitrogens is 6. The highest BCUT2D eigenvalue weighted by atomic mass is 16.6. The molecule has 1 aliphatic rings. The molecule has 86 heavy (non-hydrogen) atoms. The van der Waals surface area contributed by atoms with Crippen LogP contribution >= 0.6 is 0 Å². The van der Waals surface area contributed by atoms with Gasteiger partial charge in [-0.2, -0.15) is 10.2 Å². The van der Waals surface area contributed by atoms with E-state index in [4.69, 9.17) is 18.9 Å². The first-order chi connectivity index (χ1) is 40.4. The van der Waals surface area contributed by atoms with Crippen LogP contribution < -0.4 is 0 Å². The van der Waals surface area contributed by atoms with Crippen LogP contribution in [0, 0.1) is 37.5 Å². The number of ether oxygens (including phenoxy) is 4. The van der Waals surface area contributed by atoms with Gasteiger partial charge < -0.3 is 38.5 Å². The summed E-state index contributed by atoms with van der Waals surface area (Å²) in [5.41, 5.74) is 3.01. The summed E-state index contributed by atoms with van der Waals surface area (Å²) in [5.74, 6) is -4.55. The number of esters is 4. The van der Waals surface area contributed by atoms with E-state index >= 15 is 9.59 Å². The molecular weight excluding hydrogens is 1100 g/mol. The van der Waals surface area contributed by atoms with Crippen LogP contribution in [-0.4, -0.2) is 173 Å². The lowest BCUT2D eigenvalue weighted by molar-refractivity contribution is -0.176. The Hall–Kier alpha value is -7.52. The van der Waals surface area contributed by atoms with Gasteiger partial charge in [0.05, 0.1) is 13.1 Å². The zero-order valence-corrected chi connectivity index (χ0v) is 54.0. The summed E-state index contributed by atoms with van der Waals surface area (Å²) in [5, 5.41) is 9.07. The first kappa shape index (κ1) is 69.3. The molecular formula is C64H94N10O12. The number of cyclic esters (lactones) is 4. The van der Waals surface area contributed by atoms with Crippen molar-refractivity contribution in [3.05, 3.63) is 94.1 Å². The maximum atomic E-state index is 15.1. The molecule has 22 nitrogen and oxygen atoms in total. The summed E-state index contributed by atoms with van der Waals surface area (Å²) in [6.45, 7) is 26.1. The highest BCUT2D eigenvalue weighted by Crippen LogP contribution is 2.25. The van der Waals surface area contributed by atoms with Crippen LogP contribution in [0.1, 0.15) is 154 Å². The predicted molar refractivity (Wildman–Crippen MR) is 322 cm³/mol. The smallest absolute Gasteiger partial charge is 0.329 e. The third kappa shape index (κ3) is 18.7. The van der Waals surface area contributed by atoms with Gasteiger partial charge in [-0.25, -0.2) is 38.5 Å². The van der Waals surface area contributed by atoms with Crippen molar-refractivity contribution in [1.29, 1.82) is 0 Å². The van der Waals surface area contributed by atoms with Crippen LogP contribution in [0.15, 0.2) is 48.5 Å². The zero-order chi connectivity index (χ0) is 64.0. The van der Waals surface area contributed by atoms with Crippen LogP contribution in [-0.2, 0) is 96.1 Å². The summed E-state index contributed by atoms with van der Waals surface area (Å²) in [6.07, 6.45) is -4.70. The second-order valence-electron chi connectivity index (χ2n) is 24.6. The number of carbonyl (C=O) groups excluding carboxylic acids is 8. The van der Waals surface area contributed by atoms with Crippen molar-refractivity contribution in [1.82, 2.24) is 49.1 Å². The monoisotopic (exact) mass is 1190 g/mol. The van der Waals surface area contributed by atoms with Crippen LogP contribution in [0.3, 0.4) is 0 Å². The minimum Gasteiger partial charge on any atom is -0.451 e. The first-order valence-electron chi connectivity index (χ1n) is 30.3. The molecule has 4 amide bonds. The standard InChI is InChI=1S/C64H94N10O12/c1-19-55-65-43(13)67-73(55)35-47-25-21-45(22-26-47)33-53-59(77)71(17)49(29-37(3)4)61(79)83-42(12)58(76)70(16)52(32-40(9)10)64(82)86-54(34-46-23-27-48(28-24-46)36-74-56(20-2)66-44(14)68-74)60(78)72(18)50(30-38(5)6)62(80)84-41(11)57(75)69(15)51(31-39(7)8)63(81)85-53/h21-28,37-42,49-54H,19-20,29-36H2,1-18H3/t41-,42-,49+,50+,51+,52+,53-,54-/m1/s1. The van der Waals surface area contributed by atoms with Crippen molar-refractivity contribution in [3.63, 3.8) is 0 Å². The minimum absolute atomic E-state index is 0.0761. The van der Waals surface area contributed by atoms with Gasteiger partial charge in [0.25, 0.3) is 23.6 Å². The van der Waals surface area contributed by atoms with Crippen LogP contribution in [0.25, 0.3) is 0 Å². The topological polar surface area (TPSA) is 248 Å². The number of hydrogen-bond acceptors (Lipinski definition) is 16. The fourth-order valence-corrected chi connectivity index (χ4v) is 10.6. The second kappa shape index (κ2) is 31.2. The first-order valence-corrected chi connectivity index (χ1v) is 30.3. The lowest BCUT2D eigenvalue weighted by atomic mass is 9.99. The second-order valence-corrected chi connectivity index (χ2v) is 24.6. The maximum absolute atomic E-state index is 15.1. The summed E-state index contributed by atoms with van der Waals surface area (Å²) < 4.78 is 28.0. The quantitative estimate of drug-likeness (QED) is 0.0744. The fourth-order valence-electron chi connectivity index (χ4n) is 10.6. The number of nitrogens with zero attached hydrogens (tertiary/aromatic N) is 10. The van der Waals surface area contributed by atoms with Gasteiger partial charge in [-0.3, -0.25) is 19.2 Å². The molecule has 22 heteroatoms. The molecule has 2 aromatic heterocycles. The Kier molecular flexibility index (Phi) is 25.1. The molecule has 0 aliphatic carbocycles. The number of amides is 4. The lowest BCUT2D eigenvalue weighted by Crippen LogP contribution is -2.55. The Labute approximate surface area is 508 Å². The lowest BCUT2D eigenvalue weighted by Gasteiger charge is -2.35. The SMILES string of the molecule is CCc1nc(C)nn1Cc1ccc(C[C@H]2OC(=O)[C@H](CC(C)C)N(C)C(=O)[C@@H](C)OC(=O)[C@H](CC(C)C)N(C)C(=O)[C@@H](Cc3ccc(Cn4nc(C)nc4CC)cc3)OC(=O)[C@H](CC(C)C)N(C)C(=O)[C@@H](C)OC(=O)[C@H](CC(C)C)N(C)C2=O)cc1. The molecule has 2 aromatic carbocycles. The number of hydrogen-bond donors (Lipinski definition) is 0. The van der Waals surface area contributed by atoms with E-state index in [1.165, 1.54) is 42.0 Å². The van der Waals surface area contributed by atoms with E-state index in [1.54, 1.807) is 0 Å². The molecule has 0 radical (unpaired) electrons. The van der Waals surface area contributed by atoms with Crippen LogP contribution in [0.5, 0.6) is 0 Å². The van der Waals surface area contributed by atoms with Crippen LogP contribution in [0.4, 0.5) is 0 Å². The van der Waals surface area contributed by atoms with Crippen molar-refractivity contribution < 1.29 is 57.3 Å². The summed E-state index contributed by atoms with van der Waals surface area (Å²) in [4.78, 5) is 132. The number of carbonyl (C=O) groups is 8. The Bertz CT molecular complexity index is 2760. The molecule has 8 atom stereocenters. The van der Waals surface area contributed by atoms with Gasteiger partial charge >= 0.3 is 23.9 Å². The number of benzene rings is 2. The molecule has 472 valence electrons. The van der Waals surface area contributed by atoms with Gasteiger partial charge in [0.1, 0.15) is 47.5 Å². The Morgan fingerprint density at radius 3 is 0.930 bits per heavy atom. The fraction of sp³-hybridized carbons (Fsp3) is 0.625. The molecule has 3 heterocycles. The third-order valence-corrected chi connectivity index (χ3v) is 15.4. The van der Waals surface area contributed by atoms with E-state index in [0.29, 0.717) is 48.7 Å². The van der Waals surface area contributed by atoms with Crippen molar-refractivity contribution in [2.75, 3.05) is 28.2 Å². The summed E-state index contributed by atoms with van der Waals surface area (Å²) in [6, 6.07) is 9.56. The Balaban J connectivity index is 1.59. The number of rotatable bonds is 18. The van der Waals surface area contributed by atoms with Crippen molar-refractivity contribution >= 4 is 47.5 Å². The molecule has 0 bridgehead atoms. The highest BCUT2D eigenvalue weighted by molar-refractivity contribution is 5.94. The van der Waals surface area contributed by atoms with Gasteiger partial charge in [0.2, 0.25) is 0 Å². The molecule has 1 saturated heterocycles. The zero-order valence-electron chi connectivity index (χ0n) is 54.0. The molecule has 0 saturated carbocycles. The largest absolute Gasteiger partial charge is 0.451 e. The molecule has 0 N–H and O–H groups in total. The van der Waals surface area contributed by atoms with Crippen molar-refractivity contribution in [2.24, 2.45) is 23.7 Å². The molecule has 0 spiro atoms. The molecule has 5 rings (SSSR count). The Morgan fingerprint density at radius 1 is 0.407 bits per heavy atom. The van der Waals surface area contributed by atoms with E-state index < -0.39 is 96.1 Å². The minimum atomic E-state index is -1.55. The predicted octanol–water partition coefficient (Wildman–Crippen LogP) is 6.69. The molecule has 1 aliphatic heterocycles. The number of aryl methyl sites for hydroxylation is 4. The third-order valence-electron chi connectivity index (χ3n) is 15.4. The maximum Gasteiger partial charge on any atom is 0.329 e. The van der Waals surface area contributed by atoms with Gasteiger partial charge in [-0.05, 0) is 99.3 Å². The summed E-state index contributed by atoms with van der Waals surface area (Å²) in [7, 11) is 5.58. The van der Waals surface area contributed by atoms with E-state index in [-0.39, 0.29) is 62.2 Å². The normalized spacial score (nSPS) is 22.5. The van der Waals surface area contributed by atoms with Crippen LogP contribution in [0.2, 0.25) is 0 Å². The van der Waals surface area contributed by atoms with Crippen molar-refractivity contribution in [2.45, 2.75) is 210 Å². The van der Waals surface area contributed by atoms with Gasteiger partial charge in [0.15, 0.2) is 24.4 Å². The number of likely N-dealkylation sites (N-methyl/N-ethyl adjacent to an activating group) is 4. The van der Waals surface area contributed by atoms with Gasteiger partial charge in [0, 0.05) is 53.9 Å². The van der Waals surface area contributed by atoms with E-state index in [0.717, 1.165) is 42.4 Å². The highest BCUT2D eigenvalue weighted by Gasteiger charge is 2.43. The average Bonchev–Trinajstić information content (AvgIpc) is 2.34. The molecule has 4 aromatic rings. The van der Waals surface area contributed by atoms with E-state index in [9.17, 15) is 28.8 Å².